The number of amides is 1. The Morgan fingerprint density at radius 2 is 2.40 bits per heavy atom. The van der Waals surface area contributed by atoms with Crippen molar-refractivity contribution in [2.24, 2.45) is 0 Å². The van der Waals surface area contributed by atoms with E-state index in [4.69, 9.17) is 5.11 Å². The van der Waals surface area contributed by atoms with E-state index < -0.39 is 0 Å². The zero-order chi connectivity index (χ0) is 11.3. The first-order chi connectivity index (χ1) is 7.17. The smallest absolute Gasteiger partial charge is 0.220 e. The second kappa shape index (κ2) is 5.46. The predicted octanol–water partition coefficient (Wildman–Crippen LogP) is 1.16. The Bertz CT molecular complexity index is 339. The first-order valence-corrected chi connectivity index (χ1v) is 5.02. The molecule has 0 aliphatic heterocycles. The molecule has 1 rings (SSSR count). The van der Waals surface area contributed by atoms with Gasteiger partial charge in [0.15, 0.2) is 0 Å². The standard InChI is InChI=1S/C11H16N2O2/c1-3-11(15)13-8(2)9-4-5-12-10(6-9)7-14/h4-6,8,14H,3,7H2,1-2H3,(H,13,15)/t8-/m1/s1. The van der Waals surface area contributed by atoms with Crippen LogP contribution in [0.1, 0.15) is 37.6 Å². The van der Waals surface area contributed by atoms with Crippen LogP contribution in [0.15, 0.2) is 18.3 Å². The molecule has 0 aliphatic carbocycles. The number of carbonyl (C=O) groups is 1. The molecule has 0 aliphatic rings. The quantitative estimate of drug-likeness (QED) is 0.780. The summed E-state index contributed by atoms with van der Waals surface area (Å²) in [5.41, 5.74) is 1.57. The fourth-order valence-corrected chi connectivity index (χ4v) is 1.28. The van der Waals surface area contributed by atoms with Crippen LogP contribution >= 0.6 is 0 Å². The Hall–Kier alpha value is -1.42. The maximum Gasteiger partial charge on any atom is 0.220 e. The van der Waals surface area contributed by atoms with Crippen LogP contribution in [-0.2, 0) is 11.4 Å². The Morgan fingerprint density at radius 3 is 3.00 bits per heavy atom. The van der Waals surface area contributed by atoms with Crippen molar-refractivity contribution in [3.05, 3.63) is 29.6 Å². The van der Waals surface area contributed by atoms with E-state index in [0.717, 1.165) is 5.56 Å². The molecule has 0 saturated carbocycles. The molecule has 0 bridgehead atoms. The van der Waals surface area contributed by atoms with Gasteiger partial charge in [-0.15, -0.1) is 0 Å². The summed E-state index contributed by atoms with van der Waals surface area (Å²) in [5, 5.41) is 11.8. The van der Waals surface area contributed by atoms with Crippen molar-refractivity contribution < 1.29 is 9.90 Å². The summed E-state index contributed by atoms with van der Waals surface area (Å²) in [6.45, 7) is 3.64. The zero-order valence-electron chi connectivity index (χ0n) is 9.03. The number of nitrogens with zero attached hydrogens (tertiary/aromatic N) is 1. The van der Waals surface area contributed by atoms with Crippen LogP contribution in [0.4, 0.5) is 0 Å². The van der Waals surface area contributed by atoms with Crippen LogP contribution in [0.2, 0.25) is 0 Å². The van der Waals surface area contributed by atoms with Crippen molar-refractivity contribution in [3.8, 4) is 0 Å². The molecule has 4 nitrogen and oxygen atoms in total. The predicted molar refractivity (Wildman–Crippen MR) is 57.0 cm³/mol. The van der Waals surface area contributed by atoms with Gasteiger partial charge in [0.25, 0.3) is 0 Å². The summed E-state index contributed by atoms with van der Waals surface area (Å²) in [6.07, 6.45) is 2.11. The van der Waals surface area contributed by atoms with Crippen molar-refractivity contribution in [1.82, 2.24) is 10.3 Å². The van der Waals surface area contributed by atoms with Gasteiger partial charge >= 0.3 is 0 Å². The summed E-state index contributed by atoms with van der Waals surface area (Å²) >= 11 is 0. The van der Waals surface area contributed by atoms with Crippen LogP contribution in [-0.4, -0.2) is 16.0 Å². The first kappa shape index (κ1) is 11.7. The third-order valence-electron chi connectivity index (χ3n) is 2.20. The molecule has 1 aromatic heterocycles. The molecule has 2 N–H and O–H groups in total. The fraction of sp³-hybridized carbons (Fsp3) is 0.455. The topological polar surface area (TPSA) is 62.2 Å². The monoisotopic (exact) mass is 208 g/mol. The van der Waals surface area contributed by atoms with Gasteiger partial charge < -0.3 is 10.4 Å². The van der Waals surface area contributed by atoms with Gasteiger partial charge in [0.05, 0.1) is 18.3 Å². The van der Waals surface area contributed by atoms with Crippen molar-refractivity contribution >= 4 is 5.91 Å². The molecule has 1 amide bonds. The number of aromatic nitrogens is 1. The van der Waals surface area contributed by atoms with Gasteiger partial charge in [-0.3, -0.25) is 9.78 Å². The molecule has 0 unspecified atom stereocenters. The second-order valence-corrected chi connectivity index (χ2v) is 3.38. The van der Waals surface area contributed by atoms with Crippen LogP contribution in [0.3, 0.4) is 0 Å². The summed E-state index contributed by atoms with van der Waals surface area (Å²) in [7, 11) is 0. The van der Waals surface area contributed by atoms with Gasteiger partial charge in [-0.05, 0) is 24.6 Å². The number of rotatable bonds is 4. The molecular weight excluding hydrogens is 192 g/mol. The van der Waals surface area contributed by atoms with Crippen LogP contribution in [0.25, 0.3) is 0 Å². The van der Waals surface area contributed by atoms with E-state index in [1.165, 1.54) is 0 Å². The lowest BCUT2D eigenvalue weighted by molar-refractivity contribution is -0.121. The number of aliphatic hydroxyl groups is 1. The van der Waals surface area contributed by atoms with Gasteiger partial charge in [0.2, 0.25) is 5.91 Å². The highest BCUT2D eigenvalue weighted by Crippen LogP contribution is 2.12. The molecule has 15 heavy (non-hydrogen) atoms. The van der Waals surface area contributed by atoms with E-state index in [1.54, 1.807) is 12.3 Å². The molecule has 4 heteroatoms. The minimum atomic E-state index is -0.0811. The summed E-state index contributed by atoms with van der Waals surface area (Å²) in [6, 6.07) is 3.58. The van der Waals surface area contributed by atoms with Crippen LogP contribution < -0.4 is 5.32 Å². The Labute approximate surface area is 89.3 Å². The largest absolute Gasteiger partial charge is 0.390 e. The molecule has 0 radical (unpaired) electrons. The number of carbonyl (C=O) groups excluding carboxylic acids is 1. The molecule has 1 heterocycles. The Kier molecular flexibility index (Phi) is 4.24. The Morgan fingerprint density at radius 1 is 1.67 bits per heavy atom. The lowest BCUT2D eigenvalue weighted by Crippen LogP contribution is -2.25. The number of aliphatic hydroxyl groups excluding tert-OH is 1. The lowest BCUT2D eigenvalue weighted by atomic mass is 10.1. The number of hydrogen-bond acceptors (Lipinski definition) is 3. The Balaban J connectivity index is 2.72. The van der Waals surface area contributed by atoms with E-state index >= 15 is 0 Å². The van der Waals surface area contributed by atoms with Crippen molar-refractivity contribution in [2.75, 3.05) is 0 Å². The SMILES string of the molecule is CCC(=O)N[C@H](C)c1ccnc(CO)c1. The molecular formula is C11H16N2O2. The van der Waals surface area contributed by atoms with E-state index in [0.29, 0.717) is 12.1 Å². The molecule has 0 saturated heterocycles. The van der Waals surface area contributed by atoms with E-state index in [-0.39, 0.29) is 18.6 Å². The number of pyridine rings is 1. The van der Waals surface area contributed by atoms with Gasteiger partial charge in [-0.25, -0.2) is 0 Å². The second-order valence-electron chi connectivity index (χ2n) is 3.38. The molecule has 1 atom stereocenters. The third-order valence-corrected chi connectivity index (χ3v) is 2.20. The average molecular weight is 208 g/mol. The highest BCUT2D eigenvalue weighted by atomic mass is 16.3. The minimum Gasteiger partial charge on any atom is -0.390 e. The highest BCUT2D eigenvalue weighted by molar-refractivity contribution is 5.75. The van der Waals surface area contributed by atoms with E-state index in [9.17, 15) is 4.79 Å². The zero-order valence-corrected chi connectivity index (χ0v) is 9.03. The van der Waals surface area contributed by atoms with Crippen LogP contribution in [0, 0.1) is 0 Å². The number of nitrogens with one attached hydrogen (secondary N) is 1. The maximum absolute atomic E-state index is 11.2. The van der Waals surface area contributed by atoms with Crippen molar-refractivity contribution in [3.63, 3.8) is 0 Å². The summed E-state index contributed by atoms with van der Waals surface area (Å²) in [5.74, 6) is 0.0184. The van der Waals surface area contributed by atoms with Gasteiger partial charge in [0, 0.05) is 12.6 Å². The fourth-order valence-electron chi connectivity index (χ4n) is 1.28. The summed E-state index contributed by atoms with van der Waals surface area (Å²) < 4.78 is 0. The van der Waals surface area contributed by atoms with Crippen molar-refractivity contribution in [1.29, 1.82) is 0 Å². The van der Waals surface area contributed by atoms with E-state index in [1.807, 2.05) is 19.9 Å². The highest BCUT2D eigenvalue weighted by Gasteiger charge is 2.08. The molecule has 0 spiro atoms. The van der Waals surface area contributed by atoms with Crippen molar-refractivity contribution in [2.45, 2.75) is 32.9 Å². The maximum atomic E-state index is 11.2. The van der Waals surface area contributed by atoms with Gasteiger partial charge in [0.1, 0.15) is 0 Å². The lowest BCUT2D eigenvalue weighted by Gasteiger charge is -2.14. The first-order valence-electron chi connectivity index (χ1n) is 5.02. The van der Waals surface area contributed by atoms with Crippen LogP contribution in [0.5, 0.6) is 0 Å². The third kappa shape index (κ3) is 3.32. The molecule has 82 valence electrons. The summed E-state index contributed by atoms with van der Waals surface area (Å²) in [4.78, 5) is 15.2. The number of hydrogen-bond donors (Lipinski definition) is 2. The van der Waals surface area contributed by atoms with Gasteiger partial charge in [-0.2, -0.15) is 0 Å². The minimum absolute atomic E-state index is 0.0184. The molecule has 0 fully saturated rings. The molecule has 0 aromatic carbocycles. The molecule has 1 aromatic rings. The normalized spacial score (nSPS) is 12.2. The van der Waals surface area contributed by atoms with E-state index in [2.05, 4.69) is 10.3 Å². The van der Waals surface area contributed by atoms with Gasteiger partial charge in [-0.1, -0.05) is 6.92 Å². The average Bonchev–Trinajstić information content (AvgIpc) is 2.28.